The van der Waals surface area contributed by atoms with Crippen LogP contribution in [0.3, 0.4) is 0 Å². The van der Waals surface area contributed by atoms with Gasteiger partial charge in [-0.25, -0.2) is 8.42 Å². The normalized spacial score (nSPS) is 22.3. The van der Waals surface area contributed by atoms with Crippen molar-refractivity contribution in [3.8, 4) is 5.75 Å². The molecular formula is C19H22N2O6S2. The predicted octanol–water partition coefficient (Wildman–Crippen LogP) is 1.77. The van der Waals surface area contributed by atoms with Crippen LogP contribution in [0.15, 0.2) is 29.2 Å². The van der Waals surface area contributed by atoms with Crippen molar-refractivity contribution in [2.45, 2.75) is 19.4 Å². The molecule has 0 radical (unpaired) electrons. The van der Waals surface area contributed by atoms with Crippen LogP contribution in [0.5, 0.6) is 5.75 Å². The van der Waals surface area contributed by atoms with Gasteiger partial charge in [-0.1, -0.05) is 12.1 Å². The highest BCUT2D eigenvalue weighted by molar-refractivity contribution is 8.18. The van der Waals surface area contributed by atoms with E-state index in [9.17, 15) is 22.8 Å². The Balaban J connectivity index is 1.72. The molecule has 8 nitrogen and oxygen atoms in total. The largest absolute Gasteiger partial charge is 0.497 e. The van der Waals surface area contributed by atoms with E-state index in [2.05, 4.69) is 0 Å². The Bertz CT molecular complexity index is 973. The van der Waals surface area contributed by atoms with Crippen LogP contribution >= 0.6 is 11.8 Å². The Hall–Kier alpha value is -2.33. The zero-order valence-corrected chi connectivity index (χ0v) is 17.8. The highest BCUT2D eigenvalue weighted by Gasteiger charge is 2.39. The fraction of sp³-hybridized carbons (Fsp3) is 0.421. The Labute approximate surface area is 173 Å². The monoisotopic (exact) mass is 438 g/mol. The van der Waals surface area contributed by atoms with Gasteiger partial charge in [0.1, 0.15) is 12.3 Å². The van der Waals surface area contributed by atoms with Crippen molar-refractivity contribution < 1.29 is 27.5 Å². The molecule has 10 heteroatoms. The SMILES string of the molecule is CCN(C(=O)CN1C(=O)S/C(=C\c2cccc(OC)c2)C1=O)[C@H]1CCS(=O)(=O)C1. The first-order chi connectivity index (χ1) is 13.7. The van der Waals surface area contributed by atoms with E-state index >= 15 is 0 Å². The lowest BCUT2D eigenvalue weighted by molar-refractivity contribution is -0.137. The van der Waals surface area contributed by atoms with Gasteiger partial charge in [0, 0.05) is 12.6 Å². The zero-order chi connectivity index (χ0) is 21.2. The molecule has 1 atom stereocenters. The van der Waals surface area contributed by atoms with Crippen LogP contribution in [0, 0.1) is 0 Å². The number of ether oxygens (including phenoxy) is 1. The Morgan fingerprint density at radius 3 is 2.76 bits per heavy atom. The summed E-state index contributed by atoms with van der Waals surface area (Å²) in [5, 5.41) is -0.521. The minimum atomic E-state index is -3.15. The third-order valence-electron chi connectivity index (χ3n) is 4.87. The van der Waals surface area contributed by atoms with Crippen molar-refractivity contribution in [2.75, 3.05) is 31.7 Å². The summed E-state index contributed by atoms with van der Waals surface area (Å²) in [5.41, 5.74) is 0.701. The molecule has 2 aliphatic rings. The van der Waals surface area contributed by atoms with Crippen molar-refractivity contribution in [1.29, 1.82) is 0 Å². The number of imide groups is 1. The van der Waals surface area contributed by atoms with Gasteiger partial charge >= 0.3 is 0 Å². The number of likely N-dealkylation sites (N-methyl/N-ethyl adjacent to an activating group) is 1. The molecule has 1 aromatic rings. The molecule has 156 valence electrons. The minimum Gasteiger partial charge on any atom is -0.497 e. The van der Waals surface area contributed by atoms with Crippen LogP contribution in [-0.4, -0.2) is 73.0 Å². The summed E-state index contributed by atoms with van der Waals surface area (Å²) in [4.78, 5) is 40.3. The lowest BCUT2D eigenvalue weighted by atomic mass is 10.2. The van der Waals surface area contributed by atoms with E-state index in [0.29, 0.717) is 24.3 Å². The number of sulfone groups is 1. The molecule has 3 amide bonds. The summed E-state index contributed by atoms with van der Waals surface area (Å²) >= 11 is 0.774. The topological polar surface area (TPSA) is 101 Å². The Morgan fingerprint density at radius 1 is 1.38 bits per heavy atom. The quantitative estimate of drug-likeness (QED) is 0.624. The molecule has 2 fully saturated rings. The maximum absolute atomic E-state index is 12.7. The molecular weight excluding hydrogens is 416 g/mol. The van der Waals surface area contributed by atoms with E-state index in [1.165, 1.54) is 12.0 Å². The molecule has 2 heterocycles. The molecule has 0 saturated carbocycles. The number of amides is 3. The highest BCUT2D eigenvalue weighted by Crippen LogP contribution is 2.32. The van der Waals surface area contributed by atoms with Gasteiger partial charge in [0.05, 0.1) is 23.5 Å². The number of nitrogens with zero attached hydrogens (tertiary/aromatic N) is 2. The smallest absolute Gasteiger partial charge is 0.294 e. The number of thioether (sulfide) groups is 1. The van der Waals surface area contributed by atoms with Gasteiger partial charge in [0.2, 0.25) is 5.91 Å². The Morgan fingerprint density at radius 2 is 2.14 bits per heavy atom. The molecule has 2 saturated heterocycles. The van der Waals surface area contributed by atoms with Crippen LogP contribution in [0.2, 0.25) is 0 Å². The van der Waals surface area contributed by atoms with E-state index in [1.807, 2.05) is 0 Å². The van der Waals surface area contributed by atoms with E-state index in [-0.39, 0.29) is 16.4 Å². The lowest BCUT2D eigenvalue weighted by Gasteiger charge is -2.28. The standard InChI is InChI=1S/C19H22N2O6S2/c1-3-20(14-7-8-29(25,26)12-14)17(22)11-21-18(23)16(28-19(21)24)10-13-5-4-6-15(9-13)27-2/h4-6,9-10,14H,3,7-8,11-12H2,1-2H3/b16-10-/t14-/m0/s1. The van der Waals surface area contributed by atoms with Crippen LogP contribution in [0.25, 0.3) is 6.08 Å². The van der Waals surface area contributed by atoms with Crippen molar-refractivity contribution in [1.82, 2.24) is 9.80 Å². The third-order valence-corrected chi connectivity index (χ3v) is 7.53. The first-order valence-corrected chi connectivity index (χ1v) is 11.8. The molecule has 0 bridgehead atoms. The maximum Gasteiger partial charge on any atom is 0.294 e. The number of hydrogen-bond acceptors (Lipinski definition) is 7. The summed E-state index contributed by atoms with van der Waals surface area (Å²) < 4.78 is 28.6. The van der Waals surface area contributed by atoms with Gasteiger partial charge < -0.3 is 9.64 Å². The van der Waals surface area contributed by atoms with Gasteiger partial charge in [-0.15, -0.1) is 0 Å². The fourth-order valence-electron chi connectivity index (χ4n) is 3.40. The van der Waals surface area contributed by atoms with Gasteiger partial charge in [-0.2, -0.15) is 0 Å². The molecule has 0 aliphatic carbocycles. The lowest BCUT2D eigenvalue weighted by Crippen LogP contribution is -2.47. The summed E-state index contributed by atoms with van der Waals surface area (Å²) in [7, 11) is -1.61. The first-order valence-electron chi connectivity index (χ1n) is 9.13. The highest BCUT2D eigenvalue weighted by atomic mass is 32.2. The van der Waals surface area contributed by atoms with Gasteiger partial charge in [0.15, 0.2) is 9.84 Å². The minimum absolute atomic E-state index is 0.0479. The second-order valence-electron chi connectivity index (χ2n) is 6.78. The van der Waals surface area contributed by atoms with Gasteiger partial charge in [0.25, 0.3) is 11.1 Å². The van der Waals surface area contributed by atoms with E-state index in [0.717, 1.165) is 16.7 Å². The zero-order valence-electron chi connectivity index (χ0n) is 16.2. The van der Waals surface area contributed by atoms with E-state index in [4.69, 9.17) is 4.74 Å². The maximum atomic E-state index is 12.7. The van der Waals surface area contributed by atoms with Gasteiger partial charge in [-0.05, 0) is 48.9 Å². The summed E-state index contributed by atoms with van der Waals surface area (Å²) in [6, 6.07) is 6.64. The molecule has 0 unspecified atom stereocenters. The van der Waals surface area contributed by atoms with Crippen molar-refractivity contribution in [2.24, 2.45) is 0 Å². The van der Waals surface area contributed by atoms with Crippen molar-refractivity contribution >= 4 is 44.7 Å². The molecule has 1 aromatic carbocycles. The van der Waals surface area contributed by atoms with Crippen LogP contribution < -0.4 is 4.74 Å². The molecule has 0 N–H and O–H groups in total. The number of carbonyl (C=O) groups is 3. The second kappa shape index (κ2) is 8.58. The molecule has 3 rings (SSSR count). The second-order valence-corrected chi connectivity index (χ2v) is 10.0. The Kier molecular flexibility index (Phi) is 6.33. The molecule has 0 aromatic heterocycles. The number of methoxy groups -OCH3 is 1. The predicted molar refractivity (Wildman–Crippen MR) is 110 cm³/mol. The van der Waals surface area contributed by atoms with Gasteiger partial charge in [-0.3, -0.25) is 19.3 Å². The third kappa shape index (κ3) is 4.81. The number of hydrogen-bond donors (Lipinski definition) is 0. The van der Waals surface area contributed by atoms with E-state index < -0.39 is 39.5 Å². The average Bonchev–Trinajstić information content (AvgIpc) is 3.16. The first kappa shape index (κ1) is 21.4. The molecule has 2 aliphatic heterocycles. The van der Waals surface area contributed by atoms with E-state index in [1.54, 1.807) is 37.3 Å². The summed E-state index contributed by atoms with van der Waals surface area (Å²) in [6.07, 6.45) is 1.96. The average molecular weight is 439 g/mol. The number of carbonyl (C=O) groups excluding carboxylic acids is 3. The van der Waals surface area contributed by atoms with Crippen molar-refractivity contribution in [3.63, 3.8) is 0 Å². The van der Waals surface area contributed by atoms with Crippen LogP contribution in [-0.2, 0) is 19.4 Å². The molecule has 0 spiro atoms. The van der Waals surface area contributed by atoms with Crippen LogP contribution in [0.4, 0.5) is 4.79 Å². The summed E-state index contributed by atoms with van der Waals surface area (Å²) in [6.45, 7) is 1.67. The number of rotatable bonds is 6. The number of benzene rings is 1. The van der Waals surface area contributed by atoms with Crippen molar-refractivity contribution in [3.05, 3.63) is 34.7 Å². The fourth-order valence-corrected chi connectivity index (χ4v) is 5.97. The summed E-state index contributed by atoms with van der Waals surface area (Å²) in [5.74, 6) is -0.375. The molecule has 29 heavy (non-hydrogen) atoms. The van der Waals surface area contributed by atoms with Crippen LogP contribution in [0.1, 0.15) is 18.9 Å².